The fourth-order valence-corrected chi connectivity index (χ4v) is 1.04. The second kappa shape index (κ2) is 3.67. The monoisotopic (exact) mass is 154 g/mol. The molecule has 0 N–H and O–H groups in total. The fourth-order valence-electron chi connectivity index (χ4n) is 1.04. The Bertz CT molecular complexity index is 172. The highest BCUT2D eigenvalue weighted by molar-refractivity contribution is 5.87. The average molecular weight is 154 g/mol. The molecule has 62 valence electrons. The normalized spacial score (nSPS) is 29.3. The molecule has 0 bridgehead atoms. The number of hydrogen-bond donors (Lipinski definition) is 0. The molecule has 0 aromatic heterocycles. The first-order valence-corrected chi connectivity index (χ1v) is 4.02. The Morgan fingerprint density at radius 2 is 2.27 bits per heavy atom. The van der Waals surface area contributed by atoms with Crippen molar-refractivity contribution in [3.8, 4) is 0 Å². The molecule has 2 heteroatoms. The van der Waals surface area contributed by atoms with E-state index in [0.717, 1.165) is 12.8 Å². The minimum atomic E-state index is 0.120. The van der Waals surface area contributed by atoms with Crippen LogP contribution in [0.3, 0.4) is 0 Å². The topological polar surface area (TPSA) is 29.6 Å². The number of ketones is 1. The van der Waals surface area contributed by atoms with Gasteiger partial charge in [-0.05, 0) is 32.8 Å². The van der Waals surface area contributed by atoms with Gasteiger partial charge in [0.1, 0.15) is 0 Å². The maximum Gasteiger partial charge on any atom is 0.152 e. The molecular weight excluding hydrogens is 140 g/mol. The van der Waals surface area contributed by atoms with Gasteiger partial charge in [0.05, 0.1) is 12.2 Å². The molecule has 1 heterocycles. The highest BCUT2D eigenvalue weighted by Crippen LogP contribution is 2.25. The maximum atomic E-state index is 10.5. The predicted molar refractivity (Wildman–Crippen MR) is 43.4 cm³/mol. The maximum absolute atomic E-state index is 10.5. The van der Waals surface area contributed by atoms with Crippen LogP contribution in [0.25, 0.3) is 0 Å². The lowest BCUT2D eigenvalue weighted by atomic mass is 10.2. The molecule has 1 fully saturated rings. The first-order chi connectivity index (χ1) is 5.20. The third-order valence-corrected chi connectivity index (χ3v) is 1.81. The number of carbonyl (C=O) groups is 1. The quantitative estimate of drug-likeness (QED) is 0.455. The summed E-state index contributed by atoms with van der Waals surface area (Å²) in [5, 5.41) is 0. The van der Waals surface area contributed by atoms with Crippen LogP contribution in [0.15, 0.2) is 12.2 Å². The summed E-state index contributed by atoms with van der Waals surface area (Å²) in [5.74, 6) is 0.120. The van der Waals surface area contributed by atoms with Gasteiger partial charge in [-0.2, -0.15) is 0 Å². The van der Waals surface area contributed by atoms with Crippen molar-refractivity contribution >= 4 is 5.78 Å². The average Bonchev–Trinajstić information content (AvgIpc) is 2.59. The molecule has 2 nitrogen and oxygen atoms in total. The lowest BCUT2D eigenvalue weighted by Gasteiger charge is -1.86. The zero-order valence-corrected chi connectivity index (χ0v) is 7.04. The number of rotatable bonds is 4. The van der Waals surface area contributed by atoms with Crippen LogP contribution in [0.1, 0.15) is 26.7 Å². The summed E-state index contributed by atoms with van der Waals surface area (Å²) >= 11 is 0. The molecule has 0 aliphatic carbocycles. The highest BCUT2D eigenvalue weighted by Gasteiger charge is 2.32. The molecule has 1 aliphatic rings. The number of ether oxygens (including phenoxy) is 1. The molecule has 1 aliphatic heterocycles. The highest BCUT2D eigenvalue weighted by atomic mass is 16.6. The number of allylic oxidation sites excluding steroid dienone is 2. The van der Waals surface area contributed by atoms with Crippen molar-refractivity contribution < 1.29 is 9.53 Å². The van der Waals surface area contributed by atoms with Gasteiger partial charge < -0.3 is 4.74 Å². The number of epoxide rings is 1. The van der Waals surface area contributed by atoms with Gasteiger partial charge in [0.15, 0.2) is 5.78 Å². The van der Waals surface area contributed by atoms with Gasteiger partial charge in [0.2, 0.25) is 0 Å². The van der Waals surface area contributed by atoms with Gasteiger partial charge in [-0.3, -0.25) is 4.79 Å². The molecule has 0 saturated carbocycles. The summed E-state index contributed by atoms with van der Waals surface area (Å²) < 4.78 is 5.21. The zero-order valence-electron chi connectivity index (χ0n) is 7.04. The lowest BCUT2D eigenvalue weighted by molar-refractivity contribution is -0.112. The van der Waals surface area contributed by atoms with Crippen molar-refractivity contribution in [1.82, 2.24) is 0 Å². The van der Waals surface area contributed by atoms with E-state index in [9.17, 15) is 4.79 Å². The standard InChI is InChI=1S/C9H14O2/c1-7(10)5-3-4-6-9-8(2)11-9/h3,5,8-9H,4,6H2,1-2H3/b5-3+/t8-,9-/m0/s1. The summed E-state index contributed by atoms with van der Waals surface area (Å²) in [4.78, 5) is 10.5. The van der Waals surface area contributed by atoms with Crippen molar-refractivity contribution in [3.63, 3.8) is 0 Å². The Morgan fingerprint density at radius 1 is 1.64 bits per heavy atom. The molecule has 0 amide bonds. The van der Waals surface area contributed by atoms with Crippen LogP contribution in [-0.4, -0.2) is 18.0 Å². The van der Waals surface area contributed by atoms with Crippen LogP contribution in [0.2, 0.25) is 0 Å². The molecule has 2 atom stereocenters. The number of carbonyl (C=O) groups excluding carboxylic acids is 1. The molecule has 1 saturated heterocycles. The van der Waals surface area contributed by atoms with E-state index < -0.39 is 0 Å². The van der Waals surface area contributed by atoms with E-state index in [1.54, 1.807) is 13.0 Å². The van der Waals surface area contributed by atoms with E-state index in [1.165, 1.54) is 0 Å². The molecule has 1 rings (SSSR count). The van der Waals surface area contributed by atoms with Crippen LogP contribution in [0.4, 0.5) is 0 Å². The van der Waals surface area contributed by atoms with E-state index in [4.69, 9.17) is 4.74 Å². The molecular formula is C9H14O2. The minimum Gasteiger partial charge on any atom is -0.370 e. The van der Waals surface area contributed by atoms with Crippen molar-refractivity contribution in [2.45, 2.75) is 38.9 Å². The summed E-state index contributed by atoms with van der Waals surface area (Å²) in [6.45, 7) is 3.63. The van der Waals surface area contributed by atoms with Gasteiger partial charge in [-0.1, -0.05) is 6.08 Å². The molecule has 0 aromatic carbocycles. The second-order valence-electron chi connectivity index (χ2n) is 2.97. The van der Waals surface area contributed by atoms with Crippen molar-refractivity contribution in [2.75, 3.05) is 0 Å². The largest absolute Gasteiger partial charge is 0.370 e. The van der Waals surface area contributed by atoms with Crippen molar-refractivity contribution in [3.05, 3.63) is 12.2 Å². The van der Waals surface area contributed by atoms with E-state index >= 15 is 0 Å². The van der Waals surface area contributed by atoms with Gasteiger partial charge >= 0.3 is 0 Å². The van der Waals surface area contributed by atoms with Crippen LogP contribution < -0.4 is 0 Å². The third kappa shape index (κ3) is 3.33. The smallest absolute Gasteiger partial charge is 0.152 e. The predicted octanol–water partition coefficient (Wildman–Crippen LogP) is 1.70. The molecule has 11 heavy (non-hydrogen) atoms. The fraction of sp³-hybridized carbons (Fsp3) is 0.667. The van der Waals surface area contributed by atoms with Crippen LogP contribution >= 0.6 is 0 Å². The molecule has 0 radical (unpaired) electrons. The van der Waals surface area contributed by atoms with Gasteiger partial charge in [-0.25, -0.2) is 0 Å². The Morgan fingerprint density at radius 3 is 2.73 bits per heavy atom. The summed E-state index contributed by atoms with van der Waals surface area (Å²) in [6, 6.07) is 0. The van der Waals surface area contributed by atoms with Crippen molar-refractivity contribution in [1.29, 1.82) is 0 Å². The van der Waals surface area contributed by atoms with Crippen LogP contribution in [0, 0.1) is 0 Å². The van der Waals surface area contributed by atoms with E-state index in [-0.39, 0.29) is 5.78 Å². The third-order valence-electron chi connectivity index (χ3n) is 1.81. The second-order valence-corrected chi connectivity index (χ2v) is 2.97. The summed E-state index contributed by atoms with van der Waals surface area (Å²) in [7, 11) is 0. The van der Waals surface area contributed by atoms with E-state index in [1.807, 2.05) is 6.08 Å². The van der Waals surface area contributed by atoms with Gasteiger partial charge in [0.25, 0.3) is 0 Å². The molecule has 0 unspecified atom stereocenters. The number of hydrogen-bond acceptors (Lipinski definition) is 2. The van der Waals surface area contributed by atoms with E-state index in [2.05, 4.69) is 6.92 Å². The first kappa shape index (κ1) is 8.47. The van der Waals surface area contributed by atoms with Gasteiger partial charge in [-0.15, -0.1) is 0 Å². The Labute approximate surface area is 67.2 Å². The first-order valence-electron chi connectivity index (χ1n) is 4.02. The molecule has 0 spiro atoms. The van der Waals surface area contributed by atoms with E-state index in [0.29, 0.717) is 12.2 Å². The van der Waals surface area contributed by atoms with Crippen molar-refractivity contribution in [2.24, 2.45) is 0 Å². The Kier molecular flexibility index (Phi) is 2.83. The summed E-state index contributed by atoms with van der Waals surface area (Å²) in [6.07, 6.45) is 6.43. The zero-order chi connectivity index (χ0) is 8.27. The Balaban J connectivity index is 2.00. The van der Waals surface area contributed by atoms with Crippen LogP contribution in [-0.2, 0) is 9.53 Å². The minimum absolute atomic E-state index is 0.120. The summed E-state index contributed by atoms with van der Waals surface area (Å²) in [5.41, 5.74) is 0. The Hall–Kier alpha value is -0.630. The van der Waals surface area contributed by atoms with Gasteiger partial charge in [0, 0.05) is 0 Å². The molecule has 0 aromatic rings. The SMILES string of the molecule is CC(=O)/C=C/CC[C@@H]1O[C@H]1C. The van der Waals surface area contributed by atoms with Crippen LogP contribution in [0.5, 0.6) is 0 Å². The lowest BCUT2D eigenvalue weighted by Crippen LogP contribution is -1.87.